The average Bonchev–Trinajstić information content (AvgIpc) is 3.40. The molecule has 2 aliphatic heterocycles. The molecule has 0 radical (unpaired) electrons. The lowest BCUT2D eigenvalue weighted by Crippen LogP contribution is -2.47. The lowest BCUT2D eigenvalue weighted by Gasteiger charge is -2.25. The molecule has 0 aromatic heterocycles. The predicted octanol–water partition coefficient (Wildman–Crippen LogP) is 3.09. The van der Waals surface area contributed by atoms with Crippen LogP contribution in [-0.4, -0.2) is 36.1 Å². The monoisotopic (exact) mass is 469 g/mol. The van der Waals surface area contributed by atoms with Gasteiger partial charge < -0.3 is 19.7 Å². The third-order valence-electron chi connectivity index (χ3n) is 5.27. The summed E-state index contributed by atoms with van der Waals surface area (Å²) in [6.07, 6.45) is 1.56. The number of amides is 2. The van der Waals surface area contributed by atoms with Crippen molar-refractivity contribution in [3.8, 4) is 17.6 Å². The van der Waals surface area contributed by atoms with Crippen LogP contribution in [0, 0.1) is 11.3 Å². The van der Waals surface area contributed by atoms with Crippen LogP contribution in [0.2, 0.25) is 0 Å². The molecular formula is C22H20BrN3O4. The van der Waals surface area contributed by atoms with E-state index < -0.39 is 12.1 Å². The maximum absolute atomic E-state index is 12.9. The number of halogens is 1. The zero-order valence-electron chi connectivity index (χ0n) is 16.1. The quantitative estimate of drug-likeness (QED) is 0.726. The van der Waals surface area contributed by atoms with E-state index in [1.807, 2.05) is 24.3 Å². The molecule has 8 heteroatoms. The number of carbonyl (C=O) groups excluding carboxylic acids is 2. The molecule has 30 heavy (non-hydrogen) atoms. The van der Waals surface area contributed by atoms with E-state index in [1.165, 1.54) is 0 Å². The van der Waals surface area contributed by atoms with Gasteiger partial charge in [0.15, 0.2) is 11.5 Å². The lowest BCUT2D eigenvalue weighted by atomic mass is 10.1. The van der Waals surface area contributed by atoms with Crippen molar-refractivity contribution in [2.75, 3.05) is 13.3 Å². The van der Waals surface area contributed by atoms with Gasteiger partial charge in [-0.2, -0.15) is 5.26 Å². The third-order valence-corrected chi connectivity index (χ3v) is 5.76. The second-order valence-corrected chi connectivity index (χ2v) is 8.15. The van der Waals surface area contributed by atoms with Gasteiger partial charge in [0, 0.05) is 11.0 Å². The number of nitrogens with one attached hydrogen (secondary N) is 1. The molecule has 2 heterocycles. The number of benzene rings is 2. The van der Waals surface area contributed by atoms with Crippen LogP contribution in [0.1, 0.15) is 30.0 Å². The van der Waals surface area contributed by atoms with E-state index in [1.54, 1.807) is 23.1 Å². The summed E-state index contributed by atoms with van der Waals surface area (Å²) in [5.74, 6) is 0.747. The Labute approximate surface area is 182 Å². The van der Waals surface area contributed by atoms with Crippen molar-refractivity contribution in [2.24, 2.45) is 0 Å². The largest absolute Gasteiger partial charge is 0.454 e. The Morgan fingerprint density at radius 1 is 1.23 bits per heavy atom. The van der Waals surface area contributed by atoms with Crippen LogP contribution in [-0.2, 0) is 16.0 Å². The Hall–Kier alpha value is -3.05. The molecule has 154 valence electrons. The highest BCUT2D eigenvalue weighted by molar-refractivity contribution is 9.10. The number of carbonyl (C=O) groups is 2. The zero-order chi connectivity index (χ0) is 21.1. The summed E-state index contributed by atoms with van der Waals surface area (Å²) >= 11 is 3.41. The standard InChI is InChI=1S/C22H20BrN3O4/c23-16-4-1-3-14(9-16)10-21(27)26-8-2-5-18(26)22(28)25-17(12-24)15-6-7-19-20(11-15)30-13-29-19/h1,3-4,6-7,9,11,17-18H,2,5,8,10,13H2,(H,25,28)/t17?,18-/m0/s1. The predicted molar refractivity (Wildman–Crippen MR) is 112 cm³/mol. The fourth-order valence-corrected chi connectivity index (χ4v) is 4.23. The number of hydrogen-bond acceptors (Lipinski definition) is 5. The maximum Gasteiger partial charge on any atom is 0.244 e. The highest BCUT2D eigenvalue weighted by atomic mass is 79.9. The second kappa shape index (κ2) is 8.76. The average molecular weight is 470 g/mol. The SMILES string of the molecule is N#CC(NC(=O)[C@@H]1CCCN1C(=O)Cc1cccc(Br)c1)c1ccc2c(c1)OCO2. The van der Waals surface area contributed by atoms with Crippen LogP contribution < -0.4 is 14.8 Å². The summed E-state index contributed by atoms with van der Waals surface area (Å²) in [6.45, 7) is 0.672. The highest BCUT2D eigenvalue weighted by Gasteiger charge is 2.35. The Bertz CT molecular complexity index is 1020. The first-order chi connectivity index (χ1) is 14.5. The van der Waals surface area contributed by atoms with Crippen molar-refractivity contribution in [3.63, 3.8) is 0 Å². The molecule has 0 bridgehead atoms. The van der Waals surface area contributed by atoms with E-state index in [9.17, 15) is 14.9 Å². The van der Waals surface area contributed by atoms with Crippen LogP contribution in [0.3, 0.4) is 0 Å². The summed E-state index contributed by atoms with van der Waals surface area (Å²) in [4.78, 5) is 27.4. The minimum atomic E-state index is -0.838. The first kappa shape index (κ1) is 20.2. The minimum Gasteiger partial charge on any atom is -0.454 e. The van der Waals surface area contributed by atoms with Gasteiger partial charge in [-0.3, -0.25) is 9.59 Å². The smallest absolute Gasteiger partial charge is 0.244 e. The number of rotatable bonds is 5. The van der Waals surface area contributed by atoms with Gasteiger partial charge in [0.1, 0.15) is 12.1 Å². The molecule has 2 aromatic rings. The first-order valence-corrected chi connectivity index (χ1v) is 10.5. The van der Waals surface area contributed by atoms with E-state index in [0.29, 0.717) is 30.0 Å². The molecule has 1 fully saturated rings. The van der Waals surface area contributed by atoms with E-state index in [0.717, 1.165) is 16.5 Å². The second-order valence-electron chi connectivity index (χ2n) is 7.24. The summed E-state index contributed by atoms with van der Waals surface area (Å²) in [5, 5.41) is 12.4. The van der Waals surface area contributed by atoms with Crippen LogP contribution >= 0.6 is 15.9 Å². The summed E-state index contributed by atoms with van der Waals surface area (Å²) < 4.78 is 11.5. The van der Waals surface area contributed by atoms with Crippen molar-refractivity contribution < 1.29 is 19.1 Å². The lowest BCUT2D eigenvalue weighted by molar-refractivity contribution is -0.138. The van der Waals surface area contributed by atoms with Crippen molar-refractivity contribution in [3.05, 3.63) is 58.1 Å². The third kappa shape index (κ3) is 4.26. The molecule has 4 rings (SSSR count). The highest BCUT2D eigenvalue weighted by Crippen LogP contribution is 2.34. The van der Waals surface area contributed by atoms with Gasteiger partial charge in [-0.15, -0.1) is 0 Å². The molecule has 2 amide bonds. The Kier molecular flexibility index (Phi) is 5.91. The summed E-state index contributed by atoms with van der Waals surface area (Å²) in [7, 11) is 0. The van der Waals surface area contributed by atoms with Gasteiger partial charge in [-0.05, 0) is 48.2 Å². The number of ether oxygens (including phenoxy) is 2. The van der Waals surface area contributed by atoms with Crippen LogP contribution in [0.5, 0.6) is 11.5 Å². The number of nitriles is 1. The molecule has 1 N–H and O–H groups in total. The Morgan fingerprint density at radius 3 is 2.87 bits per heavy atom. The first-order valence-electron chi connectivity index (χ1n) is 9.68. The van der Waals surface area contributed by atoms with Gasteiger partial charge in [0.05, 0.1) is 12.5 Å². The number of nitrogens with zero attached hydrogens (tertiary/aromatic N) is 2. The molecule has 1 unspecified atom stereocenters. The fourth-order valence-electron chi connectivity index (χ4n) is 3.78. The van der Waals surface area contributed by atoms with Crippen molar-refractivity contribution in [1.82, 2.24) is 10.2 Å². The van der Waals surface area contributed by atoms with Crippen LogP contribution in [0.4, 0.5) is 0 Å². The molecule has 2 aromatic carbocycles. The normalized spacial score (nSPS) is 18.0. The molecule has 0 aliphatic carbocycles. The molecule has 0 spiro atoms. The molecule has 7 nitrogen and oxygen atoms in total. The van der Waals surface area contributed by atoms with Crippen LogP contribution in [0.25, 0.3) is 0 Å². The maximum atomic E-state index is 12.9. The van der Waals surface area contributed by atoms with E-state index in [4.69, 9.17) is 9.47 Å². The van der Waals surface area contributed by atoms with Crippen molar-refractivity contribution in [2.45, 2.75) is 31.3 Å². The molecule has 0 saturated carbocycles. The number of fused-ring (bicyclic) bond motifs is 1. The summed E-state index contributed by atoms with van der Waals surface area (Å²) in [5.41, 5.74) is 1.50. The van der Waals surface area contributed by atoms with Crippen molar-refractivity contribution in [1.29, 1.82) is 5.26 Å². The van der Waals surface area contributed by atoms with Gasteiger partial charge in [0.2, 0.25) is 18.6 Å². The van der Waals surface area contributed by atoms with E-state index in [-0.39, 0.29) is 25.0 Å². The summed E-state index contributed by atoms with van der Waals surface area (Å²) in [6, 6.07) is 13.4. The Morgan fingerprint density at radius 2 is 2.07 bits per heavy atom. The fraction of sp³-hybridized carbons (Fsp3) is 0.318. The molecule has 2 aliphatic rings. The van der Waals surface area contributed by atoms with E-state index >= 15 is 0 Å². The van der Waals surface area contributed by atoms with Gasteiger partial charge in [-0.25, -0.2) is 0 Å². The molecule has 2 atom stereocenters. The zero-order valence-corrected chi connectivity index (χ0v) is 17.7. The van der Waals surface area contributed by atoms with Gasteiger partial charge >= 0.3 is 0 Å². The van der Waals surface area contributed by atoms with E-state index in [2.05, 4.69) is 27.3 Å². The molecule has 1 saturated heterocycles. The van der Waals surface area contributed by atoms with Gasteiger partial charge in [-0.1, -0.05) is 34.1 Å². The number of hydrogen-bond donors (Lipinski definition) is 1. The number of likely N-dealkylation sites (tertiary alicyclic amines) is 1. The van der Waals surface area contributed by atoms with Crippen molar-refractivity contribution >= 4 is 27.7 Å². The minimum absolute atomic E-state index is 0.0951. The van der Waals surface area contributed by atoms with Crippen LogP contribution in [0.15, 0.2) is 46.9 Å². The molecular weight excluding hydrogens is 450 g/mol. The topological polar surface area (TPSA) is 91.7 Å². The van der Waals surface area contributed by atoms with Gasteiger partial charge in [0.25, 0.3) is 0 Å². The Balaban J connectivity index is 1.43.